The molecule has 376 valence electrons. The molecule has 3 aromatic rings. The molecule has 0 spiro atoms. The molecule has 2 aliphatic heterocycles. The number of amides is 5. The van der Waals surface area contributed by atoms with Gasteiger partial charge in [-0.15, -0.1) is 0 Å². The maximum absolute atomic E-state index is 15.7. The minimum absolute atomic E-state index is 0.0895. The largest absolute Gasteiger partial charge is 0.464 e. The van der Waals surface area contributed by atoms with Gasteiger partial charge in [0.2, 0.25) is 17.7 Å². The van der Waals surface area contributed by atoms with Crippen molar-refractivity contribution in [2.45, 2.75) is 120 Å². The lowest BCUT2D eigenvalue weighted by atomic mass is 10.00. The molecule has 1 aromatic heterocycles. The highest BCUT2D eigenvalue weighted by Gasteiger charge is 2.38. The first-order valence-corrected chi connectivity index (χ1v) is 24.3. The Labute approximate surface area is 417 Å². The third-order valence-corrected chi connectivity index (χ3v) is 13.3. The van der Waals surface area contributed by atoms with Crippen molar-refractivity contribution in [1.29, 1.82) is 0 Å². The lowest BCUT2D eigenvalue weighted by Crippen LogP contribution is -2.57. The number of ether oxygens (including phenoxy) is 2. The first-order chi connectivity index (χ1) is 32.3. The Hall–Kier alpha value is -5.38. The van der Waals surface area contributed by atoms with Gasteiger partial charge < -0.3 is 46.1 Å². The van der Waals surface area contributed by atoms with Gasteiger partial charge in [0.05, 0.1) is 29.7 Å². The number of nitrogens with one attached hydrogen (secondary N) is 5. The number of para-hydroxylation sites is 1. The maximum atomic E-state index is 15.7. The summed E-state index contributed by atoms with van der Waals surface area (Å²) in [7, 11) is 1.31. The zero-order valence-corrected chi connectivity index (χ0v) is 42.7. The first-order valence-electron chi connectivity index (χ1n) is 22.3. The molecule has 6 N–H and O–H groups in total. The standard InChI is InChI=1S/C47H60BrClF2N8O9S/c1-45(2,3)67-42(63)52-21-12-15-33-38(60)56-34(18-20-47(50,51)27-55-43(64)68-46(4,5)6)40(62)57(7)36(23-29-26-58(44(65)66)35-16-10-9-14-30(29)35)39(61)54-25-31-32(48)19-22-59(49)41(31)69-37-17-11-8-13-28(37)24-53-33/h8-11,13-14,16-17,19,26,33-34,36,53H,12,15,18,20-25,27H2,1-7H3,(H,52,63)(H,54,61)(H,55,64)(H,56,60)(H,65,66)/t33-,34-,36-/m0/s1. The summed E-state index contributed by atoms with van der Waals surface area (Å²) in [5.74, 6) is -5.91. The van der Waals surface area contributed by atoms with Gasteiger partial charge in [0.15, 0.2) is 0 Å². The van der Waals surface area contributed by atoms with Crippen LogP contribution < -0.4 is 26.6 Å². The van der Waals surface area contributed by atoms with E-state index in [1.54, 1.807) is 65.8 Å². The Morgan fingerprint density at radius 3 is 2.25 bits per heavy atom. The van der Waals surface area contributed by atoms with Gasteiger partial charge in [-0.2, -0.15) is 0 Å². The zero-order chi connectivity index (χ0) is 50.8. The van der Waals surface area contributed by atoms with Crippen molar-refractivity contribution in [3.05, 3.63) is 87.0 Å². The van der Waals surface area contributed by atoms with Crippen molar-refractivity contribution in [1.82, 2.24) is 40.5 Å². The lowest BCUT2D eigenvalue weighted by molar-refractivity contribution is -0.142. The number of rotatable bonds is 11. The van der Waals surface area contributed by atoms with Crippen LogP contribution in [-0.4, -0.2) is 123 Å². The molecule has 0 radical (unpaired) electrons. The fraction of sp³-hybridized carbons (Fsp3) is 0.489. The van der Waals surface area contributed by atoms with Crippen LogP contribution in [0.25, 0.3) is 10.9 Å². The van der Waals surface area contributed by atoms with Gasteiger partial charge in [-0.3, -0.25) is 23.4 Å². The molecule has 0 unspecified atom stereocenters. The molecule has 69 heavy (non-hydrogen) atoms. The number of carboxylic acid groups (broad SMARTS) is 1. The van der Waals surface area contributed by atoms with Crippen LogP contribution in [0.2, 0.25) is 0 Å². The molecule has 5 amide bonds. The van der Waals surface area contributed by atoms with Crippen LogP contribution in [0.4, 0.5) is 23.2 Å². The average molecular weight is 1070 g/mol. The Balaban J connectivity index is 1.57. The van der Waals surface area contributed by atoms with E-state index in [2.05, 4.69) is 42.5 Å². The number of hydrogen-bond acceptors (Lipinski definition) is 11. The molecule has 22 heteroatoms. The van der Waals surface area contributed by atoms with Crippen LogP contribution in [0.5, 0.6) is 0 Å². The van der Waals surface area contributed by atoms with E-state index in [9.17, 15) is 33.9 Å². The second kappa shape index (κ2) is 23.5. The average Bonchev–Trinajstić information content (AvgIpc) is 3.64. The summed E-state index contributed by atoms with van der Waals surface area (Å²) in [5, 5.41) is 24.8. The molecule has 3 heterocycles. The van der Waals surface area contributed by atoms with Crippen LogP contribution >= 0.6 is 39.5 Å². The molecule has 2 aromatic carbocycles. The molecule has 2 aliphatic rings. The molecular weight excluding hydrogens is 1010 g/mol. The van der Waals surface area contributed by atoms with Crippen molar-refractivity contribution >= 4 is 86.4 Å². The number of hydrogen-bond donors (Lipinski definition) is 6. The zero-order valence-electron chi connectivity index (χ0n) is 39.6. The Kier molecular flexibility index (Phi) is 18.6. The van der Waals surface area contributed by atoms with E-state index in [4.69, 9.17) is 21.3 Å². The van der Waals surface area contributed by atoms with Crippen molar-refractivity contribution in [2.24, 2.45) is 0 Å². The number of benzene rings is 2. The maximum Gasteiger partial charge on any atom is 0.416 e. The van der Waals surface area contributed by atoms with Crippen LogP contribution in [0.1, 0.15) is 78.4 Å². The van der Waals surface area contributed by atoms with E-state index in [1.807, 2.05) is 30.3 Å². The first kappa shape index (κ1) is 54.6. The van der Waals surface area contributed by atoms with E-state index >= 15 is 8.78 Å². The van der Waals surface area contributed by atoms with Crippen LogP contribution in [0.3, 0.4) is 0 Å². The SMILES string of the molecule is CN1C(=O)[C@H](CCC(F)(F)CNC(=O)OC(C)(C)C)NC(=O)[C@H](CCCNC(=O)OC(C)(C)C)NCc2ccccc2SC2=C(CNC(=O)[C@@H]1Cc1cn(C(=O)O)c3ccccc13)C(Br)=CCN2Cl. The number of carbonyl (C=O) groups is 6. The molecule has 0 saturated carbocycles. The van der Waals surface area contributed by atoms with Crippen LogP contribution in [0.15, 0.2) is 80.8 Å². The van der Waals surface area contributed by atoms with Gasteiger partial charge in [0, 0.05) is 77.8 Å². The van der Waals surface area contributed by atoms with Gasteiger partial charge in [-0.1, -0.05) is 64.1 Å². The topological polar surface area (TPSA) is 213 Å². The van der Waals surface area contributed by atoms with Gasteiger partial charge in [-0.05, 0) is 90.1 Å². The number of thioether (sulfide) groups is 1. The van der Waals surface area contributed by atoms with Crippen LogP contribution in [-0.2, 0) is 36.8 Å². The van der Waals surface area contributed by atoms with Crippen molar-refractivity contribution in [3.8, 4) is 0 Å². The predicted molar refractivity (Wildman–Crippen MR) is 262 cm³/mol. The fourth-order valence-electron chi connectivity index (χ4n) is 7.48. The molecule has 0 fully saturated rings. The fourth-order valence-corrected chi connectivity index (χ4v) is 9.46. The summed E-state index contributed by atoms with van der Waals surface area (Å²) >= 11 is 11.8. The summed E-state index contributed by atoms with van der Waals surface area (Å²) in [6, 6.07) is 9.94. The van der Waals surface area contributed by atoms with Crippen molar-refractivity contribution < 1.29 is 52.1 Å². The molecule has 17 nitrogen and oxygen atoms in total. The van der Waals surface area contributed by atoms with Gasteiger partial charge in [0.1, 0.15) is 23.3 Å². The number of likely N-dealkylation sites (N-methyl/N-ethyl adjacent to an activating group) is 1. The highest BCUT2D eigenvalue weighted by molar-refractivity contribution is 9.12. The minimum atomic E-state index is -3.60. The third kappa shape index (κ3) is 15.8. The number of aromatic nitrogens is 1. The summed E-state index contributed by atoms with van der Waals surface area (Å²) in [6.45, 7) is 9.21. The van der Waals surface area contributed by atoms with E-state index < -0.39 is 90.6 Å². The highest BCUT2D eigenvalue weighted by Crippen LogP contribution is 2.40. The van der Waals surface area contributed by atoms with E-state index in [0.29, 0.717) is 38.1 Å². The van der Waals surface area contributed by atoms with Gasteiger partial charge >= 0.3 is 18.3 Å². The number of nitrogens with zero attached hydrogens (tertiary/aromatic N) is 3. The molecule has 0 aliphatic carbocycles. The molecular formula is C47H60BrClF2N8O9S. The Morgan fingerprint density at radius 1 is 0.913 bits per heavy atom. The van der Waals surface area contributed by atoms with E-state index in [0.717, 1.165) is 19.9 Å². The minimum Gasteiger partial charge on any atom is -0.464 e. The number of alkyl carbamates (subject to hydrolysis) is 2. The molecule has 3 atom stereocenters. The second-order valence-electron chi connectivity index (χ2n) is 18.6. The number of halogens is 4. The third-order valence-electron chi connectivity index (χ3n) is 10.8. The lowest BCUT2D eigenvalue weighted by Gasteiger charge is -2.32. The highest BCUT2D eigenvalue weighted by atomic mass is 79.9. The summed E-state index contributed by atoms with van der Waals surface area (Å²) in [5.41, 5.74) is 0.364. The summed E-state index contributed by atoms with van der Waals surface area (Å²) < 4.78 is 45.0. The Morgan fingerprint density at radius 2 is 1.57 bits per heavy atom. The smallest absolute Gasteiger partial charge is 0.416 e. The van der Waals surface area contributed by atoms with Gasteiger partial charge in [0.25, 0.3) is 5.92 Å². The number of alkyl halides is 2. The number of fused-ring (bicyclic) bond motifs is 2. The normalized spacial score (nSPS) is 19.1. The summed E-state index contributed by atoms with van der Waals surface area (Å²) in [6.07, 6.45) is -1.35. The monoisotopic (exact) mass is 1060 g/mol. The number of carbonyl (C=O) groups excluding carboxylic acids is 5. The van der Waals surface area contributed by atoms with Gasteiger partial charge in [-0.25, -0.2) is 23.2 Å². The van der Waals surface area contributed by atoms with Crippen molar-refractivity contribution in [2.75, 3.05) is 33.2 Å². The van der Waals surface area contributed by atoms with E-state index in [1.165, 1.54) is 29.4 Å². The quantitative estimate of drug-likeness (QED) is 0.0810. The van der Waals surface area contributed by atoms with Crippen molar-refractivity contribution in [3.63, 3.8) is 0 Å². The Bertz CT molecular complexity index is 2460. The van der Waals surface area contributed by atoms with Crippen LogP contribution in [0, 0.1) is 0 Å². The summed E-state index contributed by atoms with van der Waals surface area (Å²) in [4.78, 5) is 83.1. The molecule has 0 bridgehead atoms. The predicted octanol–water partition coefficient (Wildman–Crippen LogP) is 7.61. The molecule has 0 saturated heterocycles. The van der Waals surface area contributed by atoms with E-state index in [-0.39, 0.29) is 38.9 Å². The molecule has 5 rings (SSSR count). The second-order valence-corrected chi connectivity index (χ2v) is 20.9.